The number of nitrogens with zero attached hydrogens (tertiary/aromatic N) is 3. The minimum Gasteiger partial charge on any atom is -0.481 e. The van der Waals surface area contributed by atoms with Gasteiger partial charge in [-0.25, -0.2) is 9.97 Å². The van der Waals surface area contributed by atoms with Crippen molar-refractivity contribution < 1.29 is 9.84 Å². The van der Waals surface area contributed by atoms with Crippen molar-refractivity contribution in [3.8, 4) is 5.88 Å². The summed E-state index contributed by atoms with van der Waals surface area (Å²) in [6.45, 7) is 2.93. The van der Waals surface area contributed by atoms with E-state index >= 15 is 0 Å². The van der Waals surface area contributed by atoms with Crippen molar-refractivity contribution in [3.05, 3.63) is 42.1 Å². The maximum absolute atomic E-state index is 10.1. The maximum atomic E-state index is 10.1. The molecule has 5 heteroatoms. The second kappa shape index (κ2) is 6.33. The van der Waals surface area contributed by atoms with E-state index in [-0.39, 0.29) is 0 Å². The molecule has 0 spiro atoms. The van der Waals surface area contributed by atoms with E-state index in [1.54, 1.807) is 25.6 Å². The van der Waals surface area contributed by atoms with Crippen molar-refractivity contribution in [2.75, 3.05) is 7.11 Å². The highest BCUT2D eigenvalue weighted by molar-refractivity contribution is 5.18. The summed E-state index contributed by atoms with van der Waals surface area (Å²) in [6, 6.07) is 3.72. The molecule has 2 aromatic rings. The highest BCUT2D eigenvalue weighted by atomic mass is 16.5. The molecule has 0 radical (unpaired) electrons. The second-order valence-electron chi connectivity index (χ2n) is 4.40. The quantitative estimate of drug-likeness (QED) is 0.855. The Labute approximate surface area is 112 Å². The molecule has 0 saturated heterocycles. The average Bonchev–Trinajstić information content (AvgIpc) is 2.86. The number of hydrogen-bond acceptors (Lipinski definition) is 4. The van der Waals surface area contributed by atoms with E-state index in [4.69, 9.17) is 4.74 Å². The van der Waals surface area contributed by atoms with Gasteiger partial charge in [0, 0.05) is 44.0 Å². The summed E-state index contributed by atoms with van der Waals surface area (Å²) < 4.78 is 7.04. The largest absolute Gasteiger partial charge is 0.481 e. The molecule has 1 atom stereocenters. The first-order chi connectivity index (χ1) is 9.22. The number of aryl methyl sites for hydroxylation is 1. The Morgan fingerprint density at radius 3 is 2.79 bits per heavy atom. The molecule has 0 bridgehead atoms. The smallest absolute Gasteiger partial charge is 0.212 e. The van der Waals surface area contributed by atoms with Crippen LogP contribution in [0, 0.1) is 0 Å². The van der Waals surface area contributed by atoms with E-state index < -0.39 is 6.10 Å². The number of hydrogen-bond donors (Lipinski definition) is 1. The molecule has 0 aliphatic heterocycles. The minimum atomic E-state index is -0.456. The van der Waals surface area contributed by atoms with Gasteiger partial charge in [0.05, 0.1) is 13.2 Å². The summed E-state index contributed by atoms with van der Waals surface area (Å²) in [5.41, 5.74) is 0.989. The van der Waals surface area contributed by atoms with Crippen LogP contribution in [0.4, 0.5) is 0 Å². The highest BCUT2D eigenvalue weighted by Gasteiger charge is 2.11. The zero-order valence-electron chi connectivity index (χ0n) is 11.3. The lowest BCUT2D eigenvalue weighted by Crippen LogP contribution is -2.17. The fraction of sp³-hybridized carbons (Fsp3) is 0.429. The van der Waals surface area contributed by atoms with Crippen LogP contribution in [0.2, 0.25) is 0 Å². The van der Waals surface area contributed by atoms with Crippen molar-refractivity contribution in [2.45, 2.75) is 32.4 Å². The van der Waals surface area contributed by atoms with Crippen LogP contribution in [0.25, 0.3) is 0 Å². The maximum Gasteiger partial charge on any atom is 0.212 e. The van der Waals surface area contributed by atoms with Gasteiger partial charge in [0.1, 0.15) is 5.82 Å². The van der Waals surface area contributed by atoms with Crippen molar-refractivity contribution in [1.29, 1.82) is 0 Å². The topological polar surface area (TPSA) is 60.2 Å². The normalized spacial score (nSPS) is 12.4. The number of imidazole rings is 1. The zero-order valence-corrected chi connectivity index (χ0v) is 11.3. The van der Waals surface area contributed by atoms with Gasteiger partial charge in [-0.3, -0.25) is 0 Å². The molecule has 1 N–H and O–H groups in total. The first-order valence-corrected chi connectivity index (χ1v) is 6.40. The van der Waals surface area contributed by atoms with Crippen molar-refractivity contribution in [1.82, 2.24) is 14.5 Å². The molecule has 2 rings (SSSR count). The van der Waals surface area contributed by atoms with E-state index in [0.717, 1.165) is 17.9 Å². The molecule has 0 aliphatic rings. The van der Waals surface area contributed by atoms with Crippen LogP contribution in [-0.4, -0.2) is 32.9 Å². The molecular weight excluding hydrogens is 242 g/mol. The van der Waals surface area contributed by atoms with Crippen LogP contribution in [0.5, 0.6) is 5.88 Å². The number of pyridine rings is 1. The van der Waals surface area contributed by atoms with E-state index in [1.165, 1.54) is 0 Å². The summed E-state index contributed by atoms with van der Waals surface area (Å²) in [6.07, 6.45) is 6.08. The third-order valence-electron chi connectivity index (χ3n) is 3.04. The Kier molecular flexibility index (Phi) is 4.52. The Hall–Kier alpha value is -1.88. The van der Waals surface area contributed by atoms with Crippen molar-refractivity contribution >= 4 is 0 Å². The van der Waals surface area contributed by atoms with Crippen molar-refractivity contribution in [2.24, 2.45) is 0 Å². The van der Waals surface area contributed by atoms with Crippen LogP contribution in [0.15, 0.2) is 30.7 Å². The molecule has 0 amide bonds. The molecule has 5 nitrogen and oxygen atoms in total. The van der Waals surface area contributed by atoms with Crippen LogP contribution >= 0.6 is 0 Å². The Bertz CT molecular complexity index is 508. The van der Waals surface area contributed by atoms with Gasteiger partial charge in [0.25, 0.3) is 0 Å². The number of aliphatic hydroxyl groups excluding tert-OH is 1. The third kappa shape index (κ3) is 3.54. The Morgan fingerprint density at radius 2 is 2.16 bits per heavy atom. The fourth-order valence-corrected chi connectivity index (χ4v) is 2.03. The molecular formula is C14H19N3O2. The predicted octanol–water partition coefficient (Wildman–Crippen LogP) is 1.45. The van der Waals surface area contributed by atoms with Crippen LogP contribution < -0.4 is 4.74 Å². The zero-order chi connectivity index (χ0) is 13.7. The molecule has 0 fully saturated rings. The summed E-state index contributed by atoms with van der Waals surface area (Å²) in [5, 5.41) is 10.1. The molecule has 0 aromatic carbocycles. The Balaban J connectivity index is 1.95. The number of methoxy groups -OCH3 is 1. The summed E-state index contributed by atoms with van der Waals surface area (Å²) in [7, 11) is 1.58. The molecule has 2 aromatic heterocycles. The standard InChI is InChI=1S/C14H19N3O2/c1-3-17-7-6-15-13(17)9-12(18)8-11-4-5-14(19-2)16-10-11/h4-7,10,12,18H,3,8-9H2,1-2H3. The van der Waals surface area contributed by atoms with Crippen LogP contribution in [-0.2, 0) is 19.4 Å². The van der Waals surface area contributed by atoms with E-state index in [9.17, 15) is 5.11 Å². The minimum absolute atomic E-state index is 0.456. The number of ether oxygens (including phenoxy) is 1. The van der Waals surface area contributed by atoms with Gasteiger partial charge in [-0.15, -0.1) is 0 Å². The first-order valence-electron chi connectivity index (χ1n) is 6.40. The van der Waals surface area contributed by atoms with Gasteiger partial charge < -0.3 is 14.4 Å². The van der Waals surface area contributed by atoms with E-state index in [2.05, 4.69) is 16.9 Å². The number of aliphatic hydroxyl groups is 1. The summed E-state index contributed by atoms with van der Waals surface area (Å²) in [4.78, 5) is 8.39. The van der Waals surface area contributed by atoms with Gasteiger partial charge >= 0.3 is 0 Å². The molecule has 19 heavy (non-hydrogen) atoms. The van der Waals surface area contributed by atoms with Gasteiger partial charge in [0.15, 0.2) is 0 Å². The average molecular weight is 261 g/mol. The fourth-order valence-electron chi connectivity index (χ4n) is 2.03. The molecule has 102 valence electrons. The van der Waals surface area contributed by atoms with Crippen molar-refractivity contribution in [3.63, 3.8) is 0 Å². The van der Waals surface area contributed by atoms with Crippen LogP contribution in [0.3, 0.4) is 0 Å². The molecule has 0 aliphatic carbocycles. The van der Waals surface area contributed by atoms with Gasteiger partial charge in [-0.05, 0) is 12.5 Å². The van der Waals surface area contributed by atoms with E-state index in [0.29, 0.717) is 18.7 Å². The summed E-state index contributed by atoms with van der Waals surface area (Å²) in [5.74, 6) is 1.50. The molecule has 2 heterocycles. The van der Waals surface area contributed by atoms with E-state index in [1.807, 2.05) is 16.8 Å². The lowest BCUT2D eigenvalue weighted by atomic mass is 10.1. The monoisotopic (exact) mass is 261 g/mol. The Morgan fingerprint density at radius 1 is 1.32 bits per heavy atom. The number of aromatic nitrogens is 3. The lowest BCUT2D eigenvalue weighted by molar-refractivity contribution is 0.171. The number of rotatable bonds is 6. The molecule has 0 saturated carbocycles. The third-order valence-corrected chi connectivity index (χ3v) is 3.04. The SMILES string of the molecule is CCn1ccnc1CC(O)Cc1ccc(OC)nc1. The second-order valence-corrected chi connectivity index (χ2v) is 4.40. The highest BCUT2D eigenvalue weighted by Crippen LogP contribution is 2.11. The van der Waals surface area contributed by atoms with Gasteiger partial charge in [-0.2, -0.15) is 0 Å². The first kappa shape index (κ1) is 13.5. The lowest BCUT2D eigenvalue weighted by Gasteiger charge is -2.11. The van der Waals surface area contributed by atoms with Gasteiger partial charge in [0.2, 0.25) is 5.88 Å². The van der Waals surface area contributed by atoms with Crippen LogP contribution in [0.1, 0.15) is 18.3 Å². The molecule has 1 unspecified atom stereocenters. The predicted molar refractivity (Wildman–Crippen MR) is 72.1 cm³/mol. The summed E-state index contributed by atoms with van der Waals surface area (Å²) >= 11 is 0. The van der Waals surface area contributed by atoms with Gasteiger partial charge in [-0.1, -0.05) is 6.07 Å².